The zero-order valence-electron chi connectivity index (χ0n) is 33.2. The fourth-order valence-electron chi connectivity index (χ4n) is 10.3. The van der Waals surface area contributed by atoms with Gasteiger partial charge in [-0.2, -0.15) is 0 Å². The van der Waals surface area contributed by atoms with Gasteiger partial charge in [0.15, 0.2) is 0 Å². The molecule has 1 atom stereocenters. The lowest BCUT2D eigenvalue weighted by Crippen LogP contribution is -2.24. The molecule has 0 fully saturated rings. The largest absolute Gasteiger partial charge is 0.311 e. The first-order chi connectivity index (χ1) is 27.6. The Bertz CT molecular complexity index is 2990. The third-order valence-corrected chi connectivity index (χ3v) is 14.8. The van der Waals surface area contributed by atoms with Gasteiger partial charge in [0, 0.05) is 59.1 Å². The highest BCUT2D eigenvalue weighted by Crippen LogP contribution is 2.55. The molecule has 0 radical (unpaired) electrons. The zero-order valence-corrected chi connectivity index (χ0v) is 34.0. The number of nitrogens with zero attached hydrogens (tertiary/aromatic N) is 1. The Kier molecular flexibility index (Phi) is 7.38. The summed E-state index contributed by atoms with van der Waals surface area (Å²) < 4.78 is 2.82. The van der Waals surface area contributed by atoms with Crippen molar-refractivity contribution in [1.82, 2.24) is 0 Å². The predicted molar refractivity (Wildman–Crippen MR) is 244 cm³/mol. The molecule has 1 nitrogen and oxygen atoms in total. The molecule has 1 unspecified atom stereocenters. The summed E-state index contributed by atoms with van der Waals surface area (Å²) in [5.74, 6) is 0. The van der Waals surface area contributed by atoms with Gasteiger partial charge in [0.05, 0.1) is 0 Å². The monoisotopic (exact) mass is 751 g/mol. The van der Waals surface area contributed by atoms with Gasteiger partial charge in [0.1, 0.15) is 0 Å². The zero-order chi connectivity index (χ0) is 38.7. The molecule has 0 spiro atoms. The van der Waals surface area contributed by atoms with E-state index in [4.69, 9.17) is 0 Å². The smallest absolute Gasteiger partial charge is 0.0464 e. The van der Waals surface area contributed by atoms with Gasteiger partial charge in [0.2, 0.25) is 0 Å². The molecule has 0 aliphatic heterocycles. The Morgan fingerprint density at radius 1 is 0.474 bits per heavy atom. The van der Waals surface area contributed by atoms with Crippen molar-refractivity contribution in [2.75, 3.05) is 4.90 Å². The van der Waals surface area contributed by atoms with E-state index in [0.29, 0.717) is 0 Å². The predicted octanol–water partition coefficient (Wildman–Crippen LogP) is 15.3. The normalized spacial score (nSPS) is 18.2. The Hall–Kier alpha value is -5.96. The van der Waals surface area contributed by atoms with Crippen LogP contribution in [0.3, 0.4) is 0 Å². The number of rotatable bonds is 5. The summed E-state index contributed by atoms with van der Waals surface area (Å²) in [5.41, 5.74) is 18.3. The number of fused-ring (bicyclic) bond motifs is 10. The molecular formula is C55H45NS. The number of hydrogen-bond acceptors (Lipinski definition) is 2. The Balaban J connectivity index is 1.01. The molecular weight excluding hydrogens is 707 g/mol. The highest BCUT2D eigenvalue weighted by molar-refractivity contribution is 7.26. The number of hydrogen-bond donors (Lipinski definition) is 0. The van der Waals surface area contributed by atoms with E-state index >= 15 is 0 Å². The number of anilines is 2. The molecule has 0 amide bonds. The lowest BCUT2D eigenvalue weighted by Gasteiger charge is -2.34. The minimum atomic E-state index is -0.158. The second-order valence-electron chi connectivity index (χ2n) is 17.6. The van der Waals surface area contributed by atoms with Gasteiger partial charge in [0.25, 0.3) is 0 Å². The summed E-state index contributed by atoms with van der Waals surface area (Å²) in [7, 11) is 0. The summed E-state index contributed by atoms with van der Waals surface area (Å²) in [4.78, 5) is 2.46. The van der Waals surface area contributed by atoms with Crippen LogP contribution < -0.4 is 4.90 Å². The van der Waals surface area contributed by atoms with Gasteiger partial charge in [-0.05, 0) is 92.4 Å². The van der Waals surface area contributed by atoms with E-state index in [1.807, 2.05) is 11.3 Å². The van der Waals surface area contributed by atoms with Gasteiger partial charge in [-0.15, -0.1) is 11.3 Å². The Labute approximate surface area is 340 Å². The van der Waals surface area contributed by atoms with Crippen molar-refractivity contribution in [1.29, 1.82) is 0 Å². The molecule has 3 aliphatic carbocycles. The van der Waals surface area contributed by atoms with E-state index in [9.17, 15) is 0 Å². The second kappa shape index (κ2) is 12.3. The van der Waals surface area contributed by atoms with Gasteiger partial charge in [-0.1, -0.05) is 174 Å². The summed E-state index contributed by atoms with van der Waals surface area (Å²) in [6, 6.07) is 56.6. The molecule has 0 saturated heterocycles. The molecule has 2 heteroatoms. The lowest BCUT2D eigenvalue weighted by molar-refractivity contribution is 0.601. The number of allylic oxidation sites excluding steroid dienone is 3. The topological polar surface area (TPSA) is 3.24 Å². The Morgan fingerprint density at radius 2 is 1.09 bits per heavy atom. The van der Waals surface area contributed by atoms with Crippen molar-refractivity contribution in [3.63, 3.8) is 0 Å². The van der Waals surface area contributed by atoms with Crippen molar-refractivity contribution >= 4 is 42.9 Å². The summed E-state index contributed by atoms with van der Waals surface area (Å²) in [5, 5.41) is 2.73. The molecule has 0 N–H and O–H groups in total. The van der Waals surface area contributed by atoms with Crippen LogP contribution in [0, 0.1) is 0 Å². The summed E-state index contributed by atoms with van der Waals surface area (Å²) >= 11 is 1.99. The van der Waals surface area contributed by atoms with Gasteiger partial charge < -0.3 is 4.90 Å². The molecule has 57 heavy (non-hydrogen) atoms. The number of thiophene rings is 1. The number of benzene rings is 7. The molecule has 1 heterocycles. The molecule has 0 bridgehead atoms. The van der Waals surface area contributed by atoms with Crippen LogP contribution in [0.4, 0.5) is 11.4 Å². The highest BCUT2D eigenvalue weighted by Gasteiger charge is 2.38. The van der Waals surface area contributed by atoms with Crippen LogP contribution in [0.25, 0.3) is 53.6 Å². The van der Waals surface area contributed by atoms with Crippen LogP contribution in [-0.2, 0) is 16.2 Å². The first kappa shape index (κ1) is 34.3. The van der Waals surface area contributed by atoms with Crippen molar-refractivity contribution in [3.05, 3.63) is 203 Å². The lowest BCUT2D eigenvalue weighted by atomic mass is 9.76. The quantitative estimate of drug-likeness (QED) is 0.169. The Morgan fingerprint density at radius 3 is 1.84 bits per heavy atom. The van der Waals surface area contributed by atoms with Crippen LogP contribution in [0.2, 0.25) is 0 Å². The van der Waals surface area contributed by atoms with Crippen LogP contribution >= 0.6 is 11.3 Å². The first-order valence-corrected chi connectivity index (χ1v) is 21.1. The minimum Gasteiger partial charge on any atom is -0.311 e. The highest BCUT2D eigenvalue weighted by atomic mass is 32.1. The average Bonchev–Trinajstić information content (AvgIpc) is 3.82. The average molecular weight is 752 g/mol. The third-order valence-electron chi connectivity index (χ3n) is 13.5. The van der Waals surface area contributed by atoms with E-state index in [1.54, 1.807) is 0 Å². The first-order valence-electron chi connectivity index (χ1n) is 20.3. The summed E-state index contributed by atoms with van der Waals surface area (Å²) in [6.07, 6.45) is 8.23. The van der Waals surface area contributed by atoms with Crippen LogP contribution in [0.15, 0.2) is 176 Å². The van der Waals surface area contributed by atoms with E-state index in [-0.39, 0.29) is 16.2 Å². The van der Waals surface area contributed by atoms with E-state index < -0.39 is 0 Å². The molecule has 8 aromatic rings. The maximum absolute atomic E-state index is 2.48. The van der Waals surface area contributed by atoms with Crippen LogP contribution in [0.1, 0.15) is 68.9 Å². The van der Waals surface area contributed by atoms with Crippen molar-refractivity contribution < 1.29 is 0 Å². The van der Waals surface area contributed by atoms with E-state index in [0.717, 1.165) is 12.1 Å². The molecule has 7 aromatic carbocycles. The maximum Gasteiger partial charge on any atom is 0.0464 e. The van der Waals surface area contributed by atoms with Gasteiger partial charge >= 0.3 is 0 Å². The van der Waals surface area contributed by atoms with Crippen molar-refractivity contribution in [3.8, 4) is 33.4 Å². The molecule has 0 saturated carbocycles. The van der Waals surface area contributed by atoms with Crippen molar-refractivity contribution in [2.24, 2.45) is 0 Å². The van der Waals surface area contributed by atoms with Gasteiger partial charge in [-0.3, -0.25) is 0 Å². The standard InChI is InChI=1S/C55H45NS/c1-53(2)46-20-12-10-17-44(46)50-47(53)29-28-43-42-18-13-21-48(51(42)57-52(43)50)55(5)32-30-38(31-33-55)56(37-24-22-36(23-25-37)35-14-7-6-8-15-35)39-26-27-41-40-16-9-11-19-45(40)54(3,4)49(41)34-39/h6-32,34H,33H2,1-5H3. The fraction of sp³-hybridized carbons (Fsp3) is 0.164. The maximum atomic E-state index is 2.48. The second-order valence-corrected chi connectivity index (χ2v) is 18.6. The SMILES string of the molecule is CC1(c2cccc3c2sc2c4c(ccc23)C(C)(C)c2ccccc2-4)C=CC(N(c2ccc(-c3ccccc3)cc2)c2ccc3c(c2)C(C)(C)c2ccccc2-3)=CC1. The molecule has 3 aliphatic rings. The fourth-order valence-corrected chi connectivity index (χ4v) is 11.8. The van der Waals surface area contributed by atoms with Crippen molar-refractivity contribution in [2.45, 2.75) is 57.3 Å². The minimum absolute atomic E-state index is 0.00922. The van der Waals surface area contributed by atoms with Crippen LogP contribution in [0.5, 0.6) is 0 Å². The summed E-state index contributed by atoms with van der Waals surface area (Å²) in [6.45, 7) is 11.9. The van der Waals surface area contributed by atoms with Crippen LogP contribution in [-0.4, -0.2) is 0 Å². The molecule has 276 valence electrons. The van der Waals surface area contributed by atoms with E-state index in [2.05, 4.69) is 209 Å². The molecule has 1 aromatic heterocycles. The van der Waals surface area contributed by atoms with Gasteiger partial charge in [-0.25, -0.2) is 0 Å². The van der Waals surface area contributed by atoms with E-state index in [1.165, 1.54) is 92.8 Å². The third kappa shape index (κ3) is 5.00. The molecule has 11 rings (SSSR count).